The highest BCUT2D eigenvalue weighted by atomic mass is 32.2. The van der Waals surface area contributed by atoms with Crippen LogP contribution in [-0.2, 0) is 5.75 Å². The van der Waals surface area contributed by atoms with Gasteiger partial charge in [-0.2, -0.15) is 5.26 Å². The first-order valence-corrected chi connectivity index (χ1v) is 12.6. The molecule has 2 aromatic heterocycles. The van der Waals surface area contributed by atoms with Crippen molar-refractivity contribution in [1.82, 2.24) is 15.0 Å². The molecule has 0 saturated carbocycles. The zero-order chi connectivity index (χ0) is 23.2. The lowest BCUT2D eigenvalue weighted by molar-refractivity contribution is 0.355. The Labute approximate surface area is 205 Å². The summed E-state index contributed by atoms with van der Waals surface area (Å²) in [5, 5.41) is 13.1. The van der Waals surface area contributed by atoms with Crippen LogP contribution in [0.4, 0.5) is 0 Å². The van der Waals surface area contributed by atoms with Gasteiger partial charge in [0.05, 0.1) is 19.9 Å². The number of rotatable bonds is 8. The molecule has 4 rings (SSSR count). The Morgan fingerprint density at radius 3 is 2.48 bits per heavy atom. The Bertz CT molecular complexity index is 1290. The number of nitriles is 1. The third-order valence-electron chi connectivity index (χ3n) is 4.71. The fourth-order valence-electron chi connectivity index (χ4n) is 3.03. The van der Waals surface area contributed by atoms with Gasteiger partial charge < -0.3 is 9.47 Å². The number of nitrogens with zero attached hydrogens (tertiary/aromatic N) is 4. The van der Waals surface area contributed by atoms with Crippen molar-refractivity contribution in [1.29, 1.82) is 5.26 Å². The highest BCUT2D eigenvalue weighted by Gasteiger charge is 2.19. The van der Waals surface area contributed by atoms with Crippen LogP contribution in [0, 0.1) is 18.3 Å². The van der Waals surface area contributed by atoms with Crippen LogP contribution in [0.15, 0.2) is 68.6 Å². The minimum Gasteiger partial charge on any atom is -0.493 e. The van der Waals surface area contributed by atoms with Crippen LogP contribution in [0.2, 0.25) is 0 Å². The van der Waals surface area contributed by atoms with Gasteiger partial charge in [-0.3, -0.25) is 0 Å². The number of aromatic nitrogens is 3. The van der Waals surface area contributed by atoms with E-state index >= 15 is 0 Å². The van der Waals surface area contributed by atoms with E-state index in [1.165, 1.54) is 46.0 Å². The lowest BCUT2D eigenvalue weighted by atomic mass is 10.1. The summed E-state index contributed by atoms with van der Waals surface area (Å²) in [7, 11) is 3.17. The number of ether oxygens (including phenoxy) is 2. The monoisotopic (exact) mass is 492 g/mol. The van der Waals surface area contributed by atoms with Gasteiger partial charge in [0.25, 0.3) is 0 Å². The molecule has 0 N–H and O–H groups in total. The summed E-state index contributed by atoms with van der Waals surface area (Å²) in [6.45, 7) is 2.07. The molecule has 4 aromatic rings. The zero-order valence-corrected chi connectivity index (χ0v) is 20.7. The summed E-state index contributed by atoms with van der Waals surface area (Å²) in [6, 6.07) is 16.2. The van der Waals surface area contributed by atoms with Crippen molar-refractivity contribution in [3.63, 3.8) is 0 Å². The minimum atomic E-state index is 0.405. The first-order chi connectivity index (χ1) is 16.1. The molecule has 0 fully saturated rings. The largest absolute Gasteiger partial charge is 0.493 e. The van der Waals surface area contributed by atoms with Gasteiger partial charge in [0.2, 0.25) is 0 Å². The van der Waals surface area contributed by atoms with Crippen molar-refractivity contribution in [2.45, 2.75) is 27.2 Å². The predicted molar refractivity (Wildman–Crippen MR) is 132 cm³/mol. The fourth-order valence-corrected chi connectivity index (χ4v) is 5.50. The second-order valence-electron chi connectivity index (χ2n) is 6.89. The van der Waals surface area contributed by atoms with E-state index in [4.69, 9.17) is 19.4 Å². The summed E-state index contributed by atoms with van der Waals surface area (Å²) >= 11 is 4.41. The number of hydrogen-bond acceptors (Lipinski definition) is 9. The zero-order valence-electron chi connectivity index (χ0n) is 18.2. The standard InChI is InChI=1S/C24H20N4O2S3/c1-15-4-6-16(7-5-15)14-32-23-27-21(17-8-9-19(29-2)20(12-17)30-3)18(13-25)22(28-23)33-24-26-10-11-31-24/h4-12H,14H2,1-3H3. The van der Waals surface area contributed by atoms with Gasteiger partial charge in [0, 0.05) is 22.9 Å². The molecular formula is C24H20N4O2S3. The number of hydrogen-bond donors (Lipinski definition) is 0. The Morgan fingerprint density at radius 2 is 1.82 bits per heavy atom. The van der Waals surface area contributed by atoms with Gasteiger partial charge >= 0.3 is 0 Å². The Morgan fingerprint density at radius 1 is 1.03 bits per heavy atom. The van der Waals surface area contributed by atoms with Crippen LogP contribution in [0.5, 0.6) is 11.5 Å². The van der Waals surface area contributed by atoms with E-state index in [-0.39, 0.29) is 0 Å². The van der Waals surface area contributed by atoms with Crippen LogP contribution in [0.1, 0.15) is 16.7 Å². The van der Waals surface area contributed by atoms with E-state index in [2.05, 4.69) is 42.2 Å². The second-order valence-corrected chi connectivity index (χ2v) is 9.96. The number of methoxy groups -OCH3 is 2. The van der Waals surface area contributed by atoms with E-state index < -0.39 is 0 Å². The van der Waals surface area contributed by atoms with Crippen molar-refractivity contribution in [2.75, 3.05) is 14.2 Å². The molecule has 0 aliphatic carbocycles. The van der Waals surface area contributed by atoms with Gasteiger partial charge in [-0.05, 0) is 42.4 Å². The molecule has 9 heteroatoms. The molecule has 0 amide bonds. The average Bonchev–Trinajstić information content (AvgIpc) is 3.36. The predicted octanol–water partition coefficient (Wildman–Crippen LogP) is 6.24. The van der Waals surface area contributed by atoms with Crippen molar-refractivity contribution in [3.8, 4) is 28.8 Å². The normalized spacial score (nSPS) is 10.6. The molecule has 0 atom stereocenters. The molecule has 166 valence electrons. The van der Waals surface area contributed by atoms with Crippen molar-refractivity contribution < 1.29 is 9.47 Å². The minimum absolute atomic E-state index is 0.405. The van der Waals surface area contributed by atoms with Crippen LogP contribution < -0.4 is 9.47 Å². The number of thioether (sulfide) groups is 1. The summed E-state index contributed by atoms with van der Waals surface area (Å²) in [4.78, 5) is 13.8. The molecule has 2 heterocycles. The van der Waals surface area contributed by atoms with E-state index in [1.807, 2.05) is 23.6 Å². The molecule has 6 nitrogen and oxygen atoms in total. The third-order valence-corrected chi connectivity index (χ3v) is 7.50. The Kier molecular flexibility index (Phi) is 7.50. The quantitative estimate of drug-likeness (QED) is 0.162. The average molecular weight is 493 g/mol. The summed E-state index contributed by atoms with van der Waals surface area (Å²) in [5.41, 5.74) is 4.11. The fraction of sp³-hybridized carbons (Fsp3) is 0.167. The lowest BCUT2D eigenvalue weighted by Crippen LogP contribution is -2.00. The lowest BCUT2D eigenvalue weighted by Gasteiger charge is -2.13. The number of benzene rings is 2. The van der Waals surface area contributed by atoms with Crippen LogP contribution >= 0.6 is 34.9 Å². The van der Waals surface area contributed by atoms with Gasteiger partial charge in [0.1, 0.15) is 16.7 Å². The molecule has 0 radical (unpaired) electrons. The molecule has 0 unspecified atom stereocenters. The molecule has 0 saturated heterocycles. The topological polar surface area (TPSA) is 80.9 Å². The molecule has 0 aliphatic rings. The van der Waals surface area contributed by atoms with E-state index in [0.717, 1.165) is 15.7 Å². The maximum absolute atomic E-state index is 10.0. The SMILES string of the molecule is COc1ccc(-c2nc(SCc3ccc(C)cc3)nc(Sc3nccs3)c2C#N)cc1OC. The Balaban J connectivity index is 1.77. The molecule has 0 aliphatic heterocycles. The smallest absolute Gasteiger partial charge is 0.189 e. The van der Waals surface area contributed by atoms with E-state index in [9.17, 15) is 5.26 Å². The van der Waals surface area contributed by atoms with Crippen LogP contribution in [-0.4, -0.2) is 29.2 Å². The van der Waals surface area contributed by atoms with E-state index in [0.29, 0.717) is 32.9 Å². The highest BCUT2D eigenvalue weighted by molar-refractivity contribution is 8.01. The first kappa shape index (κ1) is 23.1. The number of thiazole rings is 1. The summed E-state index contributed by atoms with van der Waals surface area (Å²) in [6.07, 6.45) is 1.74. The van der Waals surface area contributed by atoms with Gasteiger partial charge in [-0.15, -0.1) is 11.3 Å². The van der Waals surface area contributed by atoms with Gasteiger partial charge in [-0.25, -0.2) is 15.0 Å². The first-order valence-electron chi connectivity index (χ1n) is 9.91. The molecule has 2 aromatic carbocycles. The second kappa shape index (κ2) is 10.7. The van der Waals surface area contributed by atoms with Gasteiger partial charge in [0.15, 0.2) is 21.0 Å². The van der Waals surface area contributed by atoms with Crippen molar-refractivity contribution >= 4 is 34.9 Å². The Hall–Kier alpha value is -3.06. The third kappa shape index (κ3) is 5.47. The summed E-state index contributed by atoms with van der Waals surface area (Å²) in [5.74, 6) is 1.90. The maximum Gasteiger partial charge on any atom is 0.189 e. The van der Waals surface area contributed by atoms with E-state index in [1.54, 1.807) is 20.4 Å². The highest BCUT2D eigenvalue weighted by Crippen LogP contribution is 2.38. The maximum atomic E-state index is 10.0. The van der Waals surface area contributed by atoms with Crippen molar-refractivity contribution in [3.05, 3.63) is 70.7 Å². The van der Waals surface area contributed by atoms with Crippen LogP contribution in [0.3, 0.4) is 0 Å². The van der Waals surface area contributed by atoms with Gasteiger partial charge in [-0.1, -0.05) is 41.6 Å². The summed E-state index contributed by atoms with van der Waals surface area (Å²) < 4.78 is 11.6. The van der Waals surface area contributed by atoms with Crippen LogP contribution in [0.25, 0.3) is 11.3 Å². The molecule has 0 spiro atoms. The number of aryl methyl sites for hydroxylation is 1. The molecule has 33 heavy (non-hydrogen) atoms. The molecule has 0 bridgehead atoms. The molecular weight excluding hydrogens is 472 g/mol. The van der Waals surface area contributed by atoms with Crippen molar-refractivity contribution in [2.24, 2.45) is 0 Å².